The number of hydrogen-bond donors (Lipinski definition) is 0. The van der Waals surface area contributed by atoms with Crippen LogP contribution in [-0.2, 0) is 9.59 Å². The van der Waals surface area contributed by atoms with E-state index in [1.54, 1.807) is 6.08 Å². The lowest BCUT2D eigenvalue weighted by Gasteiger charge is -2.12. The van der Waals surface area contributed by atoms with E-state index in [-0.39, 0.29) is 11.8 Å². The van der Waals surface area contributed by atoms with Gasteiger partial charge < -0.3 is 0 Å². The van der Waals surface area contributed by atoms with E-state index in [0.29, 0.717) is 25.0 Å². The fourth-order valence-electron chi connectivity index (χ4n) is 1.07. The molecule has 1 heterocycles. The summed E-state index contributed by atoms with van der Waals surface area (Å²) in [5, 5.41) is 0. The average Bonchev–Trinajstić information content (AvgIpc) is 2.35. The summed E-state index contributed by atoms with van der Waals surface area (Å²) in [4.78, 5) is 23.4. The third kappa shape index (κ3) is 1.61. The first-order chi connectivity index (χ1) is 5.65. The zero-order chi connectivity index (χ0) is 9.14. The van der Waals surface area contributed by atoms with Crippen molar-refractivity contribution in [1.82, 2.24) is 4.90 Å². The van der Waals surface area contributed by atoms with Gasteiger partial charge in [0.15, 0.2) is 0 Å². The highest BCUT2D eigenvalue weighted by Gasteiger charge is 2.28. The van der Waals surface area contributed by atoms with Gasteiger partial charge in [0.05, 0.1) is 6.54 Å². The highest BCUT2D eigenvalue weighted by molar-refractivity contribution is 6.02. The molecule has 0 aromatic heterocycles. The summed E-state index contributed by atoms with van der Waals surface area (Å²) in [6, 6.07) is 0. The van der Waals surface area contributed by atoms with Gasteiger partial charge in [0.1, 0.15) is 0 Å². The summed E-state index contributed by atoms with van der Waals surface area (Å²) < 4.78 is 0. The standard InChI is InChI=1S/C9H11NO2/c1-3-7(2)6-10-8(11)4-5-9(10)12/h3H,1-2,4-6H2. The van der Waals surface area contributed by atoms with Crippen molar-refractivity contribution in [3.8, 4) is 0 Å². The number of rotatable bonds is 3. The van der Waals surface area contributed by atoms with Crippen molar-refractivity contribution in [3.05, 3.63) is 24.8 Å². The molecule has 1 saturated heterocycles. The molecular weight excluding hydrogens is 154 g/mol. The van der Waals surface area contributed by atoms with Crippen LogP contribution in [0.5, 0.6) is 0 Å². The molecule has 0 saturated carbocycles. The van der Waals surface area contributed by atoms with Gasteiger partial charge >= 0.3 is 0 Å². The van der Waals surface area contributed by atoms with Crippen LogP contribution in [0.3, 0.4) is 0 Å². The van der Waals surface area contributed by atoms with Crippen molar-refractivity contribution < 1.29 is 9.59 Å². The van der Waals surface area contributed by atoms with E-state index >= 15 is 0 Å². The Kier molecular flexibility index (Phi) is 2.43. The van der Waals surface area contributed by atoms with Crippen LogP contribution in [0.25, 0.3) is 0 Å². The van der Waals surface area contributed by atoms with Crippen molar-refractivity contribution in [3.63, 3.8) is 0 Å². The van der Waals surface area contributed by atoms with E-state index in [1.165, 1.54) is 4.90 Å². The zero-order valence-electron chi connectivity index (χ0n) is 6.88. The third-order valence-electron chi connectivity index (χ3n) is 1.80. The van der Waals surface area contributed by atoms with Crippen molar-refractivity contribution in [1.29, 1.82) is 0 Å². The van der Waals surface area contributed by atoms with Crippen LogP contribution in [-0.4, -0.2) is 23.3 Å². The van der Waals surface area contributed by atoms with Gasteiger partial charge in [-0.1, -0.05) is 19.2 Å². The quantitative estimate of drug-likeness (QED) is 0.460. The number of carbonyl (C=O) groups excluding carboxylic acids is 2. The summed E-state index contributed by atoms with van der Waals surface area (Å²) >= 11 is 0. The molecule has 0 aromatic carbocycles. The van der Waals surface area contributed by atoms with Gasteiger partial charge in [0.2, 0.25) is 11.8 Å². The molecule has 3 nitrogen and oxygen atoms in total. The Balaban J connectivity index is 2.61. The minimum Gasteiger partial charge on any atom is -0.278 e. The van der Waals surface area contributed by atoms with E-state index < -0.39 is 0 Å². The third-order valence-corrected chi connectivity index (χ3v) is 1.80. The summed E-state index contributed by atoms with van der Waals surface area (Å²) in [6.45, 7) is 7.44. The molecule has 64 valence electrons. The van der Waals surface area contributed by atoms with Crippen LogP contribution in [0.15, 0.2) is 24.8 Å². The van der Waals surface area contributed by atoms with Crippen LogP contribution in [0.2, 0.25) is 0 Å². The van der Waals surface area contributed by atoms with Gasteiger partial charge in [0.25, 0.3) is 0 Å². The lowest BCUT2D eigenvalue weighted by Crippen LogP contribution is -2.30. The number of likely N-dealkylation sites (tertiary alicyclic amines) is 1. The minimum atomic E-state index is -0.108. The number of hydrogen-bond acceptors (Lipinski definition) is 2. The molecule has 0 aromatic rings. The summed E-state index contributed by atoms with van der Waals surface area (Å²) in [5.74, 6) is -0.217. The maximum absolute atomic E-state index is 11.1. The van der Waals surface area contributed by atoms with Gasteiger partial charge in [-0.05, 0) is 5.57 Å². The normalized spacial score (nSPS) is 16.8. The van der Waals surface area contributed by atoms with Gasteiger partial charge in [-0.25, -0.2) is 0 Å². The van der Waals surface area contributed by atoms with Crippen LogP contribution < -0.4 is 0 Å². The Morgan fingerprint density at radius 1 is 1.42 bits per heavy atom. The first-order valence-corrected chi connectivity index (χ1v) is 3.78. The van der Waals surface area contributed by atoms with Gasteiger partial charge in [0, 0.05) is 12.8 Å². The Bertz CT molecular complexity index is 239. The maximum Gasteiger partial charge on any atom is 0.229 e. The highest BCUT2D eigenvalue weighted by atomic mass is 16.2. The second-order valence-electron chi connectivity index (χ2n) is 2.74. The minimum absolute atomic E-state index is 0.108. The molecule has 1 aliphatic heterocycles. The number of amides is 2. The fraction of sp³-hybridized carbons (Fsp3) is 0.333. The fourth-order valence-corrected chi connectivity index (χ4v) is 1.07. The molecule has 0 radical (unpaired) electrons. The maximum atomic E-state index is 11.1. The van der Waals surface area contributed by atoms with Crippen molar-refractivity contribution in [2.24, 2.45) is 0 Å². The molecule has 0 unspecified atom stereocenters. The van der Waals surface area contributed by atoms with Gasteiger partial charge in [-0.2, -0.15) is 0 Å². The molecule has 1 fully saturated rings. The summed E-state index contributed by atoms with van der Waals surface area (Å²) in [5.41, 5.74) is 0.693. The lowest BCUT2D eigenvalue weighted by molar-refractivity contribution is -0.137. The first kappa shape index (κ1) is 8.71. The topological polar surface area (TPSA) is 37.4 Å². The first-order valence-electron chi connectivity index (χ1n) is 3.78. The van der Waals surface area contributed by atoms with E-state index in [9.17, 15) is 9.59 Å². The van der Waals surface area contributed by atoms with Crippen LogP contribution >= 0.6 is 0 Å². The van der Waals surface area contributed by atoms with Crippen molar-refractivity contribution in [2.75, 3.05) is 6.54 Å². The second-order valence-corrected chi connectivity index (χ2v) is 2.74. The van der Waals surface area contributed by atoms with Gasteiger partial charge in [-0.15, -0.1) is 0 Å². The van der Waals surface area contributed by atoms with Crippen LogP contribution in [0.1, 0.15) is 12.8 Å². The summed E-state index contributed by atoms with van der Waals surface area (Å²) in [7, 11) is 0. The molecule has 0 aliphatic carbocycles. The predicted molar refractivity (Wildman–Crippen MR) is 45.3 cm³/mol. The number of imide groups is 1. The van der Waals surface area contributed by atoms with E-state index in [2.05, 4.69) is 13.2 Å². The van der Waals surface area contributed by atoms with Crippen LogP contribution in [0, 0.1) is 0 Å². The molecule has 3 heteroatoms. The Morgan fingerprint density at radius 2 is 1.92 bits per heavy atom. The molecule has 0 spiro atoms. The van der Waals surface area contributed by atoms with Gasteiger partial charge in [-0.3, -0.25) is 14.5 Å². The smallest absolute Gasteiger partial charge is 0.229 e. The SMILES string of the molecule is C=CC(=C)CN1C(=O)CCC1=O. The Hall–Kier alpha value is -1.38. The molecule has 2 amide bonds. The second kappa shape index (κ2) is 3.34. The number of nitrogens with zero attached hydrogens (tertiary/aromatic N) is 1. The molecule has 0 atom stereocenters. The largest absolute Gasteiger partial charge is 0.278 e. The Morgan fingerprint density at radius 3 is 2.33 bits per heavy atom. The molecular formula is C9H11NO2. The molecule has 1 aliphatic rings. The lowest BCUT2D eigenvalue weighted by atomic mass is 10.3. The summed E-state index contributed by atoms with van der Waals surface area (Å²) in [6.07, 6.45) is 2.23. The molecule has 0 bridgehead atoms. The predicted octanol–water partition coefficient (Wildman–Crippen LogP) is 0.878. The zero-order valence-corrected chi connectivity index (χ0v) is 6.88. The number of carbonyl (C=O) groups is 2. The van der Waals surface area contributed by atoms with E-state index in [1.807, 2.05) is 0 Å². The molecule has 1 rings (SSSR count). The highest BCUT2D eigenvalue weighted by Crippen LogP contribution is 2.12. The Labute approximate surface area is 71.4 Å². The van der Waals surface area contributed by atoms with Crippen molar-refractivity contribution >= 4 is 11.8 Å². The monoisotopic (exact) mass is 165 g/mol. The average molecular weight is 165 g/mol. The van der Waals surface area contributed by atoms with Crippen LogP contribution in [0.4, 0.5) is 0 Å². The molecule has 0 N–H and O–H groups in total. The van der Waals surface area contributed by atoms with E-state index in [0.717, 1.165) is 0 Å². The molecule has 12 heavy (non-hydrogen) atoms. The van der Waals surface area contributed by atoms with E-state index in [4.69, 9.17) is 0 Å². The van der Waals surface area contributed by atoms with Crippen molar-refractivity contribution in [2.45, 2.75) is 12.8 Å².